The van der Waals surface area contributed by atoms with Gasteiger partial charge in [-0.25, -0.2) is 0 Å². The molecule has 1 N–H and O–H groups in total. The molecule has 0 aromatic heterocycles. The van der Waals surface area contributed by atoms with Crippen molar-refractivity contribution in [1.82, 2.24) is 10.2 Å². The summed E-state index contributed by atoms with van der Waals surface area (Å²) < 4.78 is 0. The molecule has 15 heavy (non-hydrogen) atoms. The lowest BCUT2D eigenvalue weighted by Gasteiger charge is -2.35. The molecule has 0 aliphatic carbocycles. The van der Waals surface area contributed by atoms with Crippen LogP contribution in [0, 0.1) is 5.41 Å². The lowest BCUT2D eigenvalue weighted by atomic mass is 9.84. The van der Waals surface area contributed by atoms with Crippen molar-refractivity contribution in [3.63, 3.8) is 0 Å². The number of rotatable bonds is 6. The summed E-state index contributed by atoms with van der Waals surface area (Å²) in [6.07, 6.45) is 2.55. The first-order valence-electron chi connectivity index (χ1n) is 6.08. The fourth-order valence-electron chi connectivity index (χ4n) is 2.07. The standard InChI is InChI=1S/C13H30N2/c1-8-9-13(5,11-15(6)7)10-14-12(2,3)4/h14H,8-11H2,1-7H3. The second-order valence-corrected chi connectivity index (χ2v) is 6.40. The number of nitrogens with one attached hydrogen (secondary N) is 1. The molecule has 0 aliphatic rings. The van der Waals surface area contributed by atoms with Crippen LogP contribution in [0.3, 0.4) is 0 Å². The van der Waals surface area contributed by atoms with Gasteiger partial charge in [-0.15, -0.1) is 0 Å². The molecule has 0 amide bonds. The average Bonchev–Trinajstić information content (AvgIpc) is 1.99. The number of hydrogen-bond donors (Lipinski definition) is 1. The largest absolute Gasteiger partial charge is 0.311 e. The molecule has 0 saturated heterocycles. The van der Waals surface area contributed by atoms with Gasteiger partial charge in [0.15, 0.2) is 0 Å². The quantitative estimate of drug-likeness (QED) is 0.731. The molecule has 0 aromatic rings. The summed E-state index contributed by atoms with van der Waals surface area (Å²) in [5.74, 6) is 0. The van der Waals surface area contributed by atoms with E-state index in [-0.39, 0.29) is 5.54 Å². The number of nitrogens with zero attached hydrogens (tertiary/aromatic N) is 1. The molecule has 0 spiro atoms. The van der Waals surface area contributed by atoms with Crippen LogP contribution >= 0.6 is 0 Å². The van der Waals surface area contributed by atoms with Crippen molar-refractivity contribution >= 4 is 0 Å². The predicted molar refractivity (Wildman–Crippen MR) is 69.3 cm³/mol. The highest BCUT2D eigenvalue weighted by molar-refractivity contribution is 4.82. The van der Waals surface area contributed by atoms with Crippen LogP contribution in [-0.4, -0.2) is 37.6 Å². The normalized spacial score (nSPS) is 16.8. The summed E-state index contributed by atoms with van der Waals surface area (Å²) >= 11 is 0. The van der Waals surface area contributed by atoms with Gasteiger partial charge in [-0.1, -0.05) is 20.3 Å². The Labute approximate surface area is 96.4 Å². The smallest absolute Gasteiger partial charge is 0.00967 e. The Morgan fingerprint density at radius 3 is 1.93 bits per heavy atom. The van der Waals surface area contributed by atoms with E-state index < -0.39 is 0 Å². The van der Waals surface area contributed by atoms with E-state index >= 15 is 0 Å². The second-order valence-electron chi connectivity index (χ2n) is 6.40. The summed E-state index contributed by atoms with van der Waals surface area (Å²) in [7, 11) is 4.32. The molecule has 0 aliphatic heterocycles. The minimum Gasteiger partial charge on any atom is -0.311 e. The van der Waals surface area contributed by atoms with Crippen molar-refractivity contribution in [3.05, 3.63) is 0 Å². The van der Waals surface area contributed by atoms with Crippen molar-refractivity contribution < 1.29 is 0 Å². The fourth-order valence-corrected chi connectivity index (χ4v) is 2.07. The SMILES string of the molecule is CCCC(C)(CNC(C)(C)C)CN(C)C. The first-order chi connectivity index (χ1) is 6.68. The molecule has 0 radical (unpaired) electrons. The van der Waals surface area contributed by atoms with E-state index in [1.165, 1.54) is 12.8 Å². The van der Waals surface area contributed by atoms with Crippen molar-refractivity contribution in [2.75, 3.05) is 27.2 Å². The monoisotopic (exact) mass is 214 g/mol. The minimum absolute atomic E-state index is 0.224. The zero-order valence-corrected chi connectivity index (χ0v) is 11.8. The maximum absolute atomic E-state index is 3.63. The van der Waals surface area contributed by atoms with Crippen LogP contribution in [0.5, 0.6) is 0 Å². The van der Waals surface area contributed by atoms with Crippen LogP contribution in [0.2, 0.25) is 0 Å². The molecular formula is C13H30N2. The van der Waals surface area contributed by atoms with Gasteiger partial charge >= 0.3 is 0 Å². The van der Waals surface area contributed by atoms with Crippen molar-refractivity contribution in [3.8, 4) is 0 Å². The van der Waals surface area contributed by atoms with Gasteiger partial charge in [-0.2, -0.15) is 0 Å². The van der Waals surface area contributed by atoms with E-state index in [1.807, 2.05) is 0 Å². The number of hydrogen-bond acceptors (Lipinski definition) is 2. The molecule has 1 atom stereocenters. The average molecular weight is 214 g/mol. The minimum atomic E-state index is 0.224. The Kier molecular flexibility index (Phi) is 5.82. The molecule has 0 bridgehead atoms. The Bertz CT molecular complexity index is 170. The summed E-state index contributed by atoms with van der Waals surface area (Å²) in [6.45, 7) is 13.6. The molecule has 92 valence electrons. The van der Waals surface area contributed by atoms with Crippen LogP contribution in [0.1, 0.15) is 47.5 Å². The molecule has 0 rings (SSSR count). The van der Waals surface area contributed by atoms with E-state index in [4.69, 9.17) is 0 Å². The molecule has 0 saturated carbocycles. The molecule has 0 heterocycles. The third kappa shape index (κ3) is 7.80. The summed E-state index contributed by atoms with van der Waals surface area (Å²) in [5, 5.41) is 3.63. The predicted octanol–water partition coefficient (Wildman–Crippen LogP) is 2.74. The molecular weight excluding hydrogens is 184 g/mol. The molecule has 2 nitrogen and oxygen atoms in total. The Morgan fingerprint density at radius 2 is 1.60 bits per heavy atom. The topological polar surface area (TPSA) is 15.3 Å². The Balaban J connectivity index is 4.24. The molecule has 0 fully saturated rings. The van der Waals surface area contributed by atoms with Gasteiger partial charge < -0.3 is 10.2 Å². The van der Waals surface area contributed by atoms with E-state index in [9.17, 15) is 0 Å². The third-order valence-corrected chi connectivity index (χ3v) is 2.60. The van der Waals surface area contributed by atoms with E-state index in [2.05, 4.69) is 58.9 Å². The van der Waals surface area contributed by atoms with Gasteiger partial charge in [0.2, 0.25) is 0 Å². The van der Waals surface area contributed by atoms with Crippen molar-refractivity contribution in [2.24, 2.45) is 5.41 Å². The lowest BCUT2D eigenvalue weighted by molar-refractivity contribution is 0.180. The highest BCUT2D eigenvalue weighted by atomic mass is 15.1. The summed E-state index contributed by atoms with van der Waals surface area (Å²) in [6, 6.07) is 0. The first-order valence-corrected chi connectivity index (χ1v) is 6.08. The van der Waals surface area contributed by atoms with Crippen LogP contribution in [0.4, 0.5) is 0 Å². The highest BCUT2D eigenvalue weighted by Crippen LogP contribution is 2.23. The van der Waals surface area contributed by atoms with Crippen molar-refractivity contribution in [2.45, 2.75) is 53.0 Å². The van der Waals surface area contributed by atoms with Gasteiger partial charge in [-0.05, 0) is 46.7 Å². The maximum Gasteiger partial charge on any atom is 0.00967 e. The van der Waals surface area contributed by atoms with Crippen LogP contribution < -0.4 is 5.32 Å². The Morgan fingerprint density at radius 1 is 1.07 bits per heavy atom. The van der Waals surface area contributed by atoms with E-state index in [0.29, 0.717) is 5.41 Å². The van der Waals surface area contributed by atoms with E-state index in [1.54, 1.807) is 0 Å². The van der Waals surface area contributed by atoms with Gasteiger partial charge in [-0.3, -0.25) is 0 Å². The second kappa shape index (κ2) is 5.86. The van der Waals surface area contributed by atoms with Gasteiger partial charge in [0.05, 0.1) is 0 Å². The van der Waals surface area contributed by atoms with Crippen LogP contribution in [-0.2, 0) is 0 Å². The van der Waals surface area contributed by atoms with Crippen molar-refractivity contribution in [1.29, 1.82) is 0 Å². The van der Waals surface area contributed by atoms with Gasteiger partial charge in [0, 0.05) is 18.6 Å². The zero-order chi connectivity index (χ0) is 12.1. The third-order valence-electron chi connectivity index (χ3n) is 2.60. The zero-order valence-electron chi connectivity index (χ0n) is 11.8. The fraction of sp³-hybridized carbons (Fsp3) is 1.00. The van der Waals surface area contributed by atoms with Gasteiger partial charge in [0.1, 0.15) is 0 Å². The first kappa shape index (κ1) is 14.9. The lowest BCUT2D eigenvalue weighted by Crippen LogP contribution is -2.46. The Hall–Kier alpha value is -0.0800. The molecule has 2 heteroatoms. The summed E-state index contributed by atoms with van der Waals surface area (Å²) in [5.41, 5.74) is 0.618. The molecule has 0 aromatic carbocycles. The molecule has 1 unspecified atom stereocenters. The highest BCUT2D eigenvalue weighted by Gasteiger charge is 2.25. The van der Waals surface area contributed by atoms with Crippen LogP contribution in [0.25, 0.3) is 0 Å². The van der Waals surface area contributed by atoms with E-state index in [0.717, 1.165) is 13.1 Å². The van der Waals surface area contributed by atoms with Crippen LogP contribution in [0.15, 0.2) is 0 Å². The maximum atomic E-state index is 3.63. The summed E-state index contributed by atoms with van der Waals surface area (Å²) in [4.78, 5) is 2.29. The van der Waals surface area contributed by atoms with Gasteiger partial charge in [0.25, 0.3) is 0 Å².